The first-order valence-electron chi connectivity index (χ1n) is 6.61. The average molecular weight is 124 g/mol. The molecule has 1 N–H and O–H groups in total. The summed E-state index contributed by atoms with van der Waals surface area (Å²) in [7, 11) is 0.847. The maximum absolute atomic E-state index is 7.69. The normalized spacial score (nSPS) is 69.4. The van der Waals surface area contributed by atoms with E-state index in [1.165, 1.54) is 0 Å². The molecule has 0 radical (unpaired) electrons. The van der Waals surface area contributed by atoms with Gasteiger partial charge in [0.25, 0.3) is 0 Å². The summed E-state index contributed by atoms with van der Waals surface area (Å²) in [5, 5.41) is 1.62. The van der Waals surface area contributed by atoms with Crippen LogP contribution in [0.1, 0.15) is 25.1 Å². The Kier molecular flexibility index (Phi) is 0.505. The van der Waals surface area contributed by atoms with Gasteiger partial charge in [-0.2, -0.15) is 0 Å². The first-order valence-corrected chi connectivity index (χ1v) is 2.11. The topological polar surface area (TPSA) is 21.3 Å². The number of ether oxygens (including phenoxy) is 1. The molecular formula is C6H13NO. The molecule has 2 nitrogen and oxygen atoms in total. The Morgan fingerprint density at radius 3 is 2.88 bits per heavy atom. The summed E-state index contributed by atoms with van der Waals surface area (Å²) in [5.41, 5.74) is 0. The van der Waals surface area contributed by atoms with E-state index in [1.54, 1.807) is 5.32 Å². The van der Waals surface area contributed by atoms with E-state index in [9.17, 15) is 0 Å². The summed E-state index contributed by atoms with van der Waals surface area (Å²) in [6, 6.07) is 0. The largest absolute Gasteiger partial charge is 0.381 e. The van der Waals surface area contributed by atoms with Crippen molar-refractivity contribution in [2.24, 2.45) is 0 Å². The molecule has 48 valence electrons. The Balaban J connectivity index is 3.49. The van der Waals surface area contributed by atoms with Crippen molar-refractivity contribution in [2.75, 3.05) is 20.1 Å². The lowest BCUT2D eigenvalue weighted by molar-refractivity contribution is 0.0765. The van der Waals surface area contributed by atoms with E-state index in [0.717, 1.165) is 7.11 Å². The molecule has 0 bridgehead atoms. The molecule has 1 fully saturated rings. The zero-order valence-corrected chi connectivity index (χ0v) is 4.41. The van der Waals surface area contributed by atoms with E-state index in [-0.39, 0.29) is 0 Å². The molecule has 0 aromatic rings. The van der Waals surface area contributed by atoms with Gasteiger partial charge in [0.15, 0.2) is 0 Å². The van der Waals surface area contributed by atoms with Crippen molar-refractivity contribution >= 4 is 0 Å². The molecule has 1 heterocycles. The van der Waals surface area contributed by atoms with Crippen LogP contribution in [0.15, 0.2) is 0 Å². The van der Waals surface area contributed by atoms with E-state index in [2.05, 4.69) is 4.74 Å². The molecule has 0 aromatic heterocycles. The number of rotatable bonds is 1. The highest BCUT2D eigenvalue weighted by Gasteiger charge is 2.09. The molecule has 1 saturated heterocycles. The Morgan fingerprint density at radius 2 is 2.38 bits per heavy atom. The van der Waals surface area contributed by atoms with Crippen molar-refractivity contribution in [3.63, 3.8) is 0 Å². The van der Waals surface area contributed by atoms with Crippen LogP contribution in [0.5, 0.6) is 0 Å². The average Bonchev–Trinajstić information content (AvgIpc) is 2.12. The van der Waals surface area contributed by atoms with Gasteiger partial charge in [0.2, 0.25) is 0 Å². The predicted molar refractivity (Wildman–Crippen MR) is 32.9 cm³/mol. The summed E-state index contributed by atoms with van der Waals surface area (Å²) < 4.78 is 71.8. The molecule has 0 saturated carbocycles. The monoisotopic (exact) mass is 124 g/mol. The van der Waals surface area contributed by atoms with Crippen molar-refractivity contribution in [2.45, 2.75) is 18.8 Å². The van der Waals surface area contributed by atoms with Gasteiger partial charge in [-0.15, -0.1) is 0 Å². The van der Waals surface area contributed by atoms with Crippen LogP contribution >= 0.6 is 0 Å². The Hall–Kier alpha value is -0.0800. The van der Waals surface area contributed by atoms with Crippen molar-refractivity contribution < 1.29 is 17.1 Å². The van der Waals surface area contributed by atoms with Crippen LogP contribution in [0.2, 0.25) is 0 Å². The summed E-state index contributed by atoms with van der Waals surface area (Å²) in [4.78, 5) is 0. The van der Waals surface area contributed by atoms with Gasteiger partial charge in [-0.1, -0.05) is 0 Å². The lowest BCUT2D eigenvalue weighted by Gasteiger charge is -2.20. The molecule has 2 heteroatoms. The third-order valence-corrected chi connectivity index (χ3v) is 0.681. The van der Waals surface area contributed by atoms with Gasteiger partial charge in [-0.25, -0.2) is 0 Å². The zero-order valence-electron chi connectivity index (χ0n) is 13.4. The molecule has 0 aromatic carbocycles. The van der Waals surface area contributed by atoms with Gasteiger partial charge in [-0.3, -0.25) is 0 Å². The summed E-state index contributed by atoms with van der Waals surface area (Å²) >= 11 is 0. The Morgan fingerprint density at radius 1 is 1.75 bits per heavy atom. The number of piperidine rings is 1. The SMILES string of the molecule is [2H]C1([2H])NC([2H])([2H])C([2H])([2H])C([2H])(OC)C1([2H])[2H]. The summed E-state index contributed by atoms with van der Waals surface area (Å²) in [6.45, 7) is -5.89. The molecule has 0 amide bonds. The highest BCUT2D eigenvalue weighted by Crippen LogP contribution is 2.04. The third kappa shape index (κ3) is 1.46. The summed E-state index contributed by atoms with van der Waals surface area (Å²) in [5.74, 6) is 0. The molecule has 0 unspecified atom stereocenters. The Bertz CT molecular complexity index is 301. The molecule has 1 rings (SSSR count). The smallest absolute Gasteiger partial charge is 0.0604 e. The van der Waals surface area contributed by atoms with Crippen LogP contribution in [0.4, 0.5) is 0 Å². The molecule has 8 heavy (non-hydrogen) atoms. The van der Waals surface area contributed by atoms with Gasteiger partial charge in [0.05, 0.1) is 7.45 Å². The van der Waals surface area contributed by atoms with E-state index >= 15 is 0 Å². The first kappa shape index (κ1) is 1.32. The minimum atomic E-state index is -3.08. The van der Waals surface area contributed by atoms with E-state index < -0.39 is 31.8 Å². The fraction of sp³-hybridized carbons (Fsp3) is 1.00. The van der Waals surface area contributed by atoms with Crippen LogP contribution in [0, 0.1) is 0 Å². The molecule has 1 aliphatic rings. The lowest BCUT2D eigenvalue weighted by atomic mass is 10.1. The van der Waals surface area contributed by atoms with Gasteiger partial charge in [0.1, 0.15) is 0 Å². The maximum Gasteiger partial charge on any atom is 0.0604 e. The number of hydrogen-bond acceptors (Lipinski definition) is 2. The lowest BCUT2D eigenvalue weighted by Crippen LogP contribution is -2.31. The third-order valence-electron chi connectivity index (χ3n) is 0.681. The maximum atomic E-state index is 7.69. The van der Waals surface area contributed by atoms with Crippen molar-refractivity contribution in [1.82, 2.24) is 5.32 Å². The van der Waals surface area contributed by atoms with Crippen LogP contribution in [-0.2, 0) is 4.74 Å². The van der Waals surface area contributed by atoms with Crippen molar-refractivity contribution in [1.29, 1.82) is 0 Å². The first-order chi connectivity index (χ1) is 7.27. The van der Waals surface area contributed by atoms with Crippen LogP contribution in [0.25, 0.3) is 0 Å². The van der Waals surface area contributed by atoms with Gasteiger partial charge < -0.3 is 10.1 Å². The Labute approximate surface area is 62.9 Å². The van der Waals surface area contributed by atoms with E-state index in [0.29, 0.717) is 0 Å². The highest BCUT2D eigenvalue weighted by molar-refractivity contribution is 4.66. The molecule has 1 aliphatic heterocycles. The zero-order chi connectivity index (χ0) is 13.9. The van der Waals surface area contributed by atoms with E-state index in [1.807, 2.05) is 0 Å². The second kappa shape index (κ2) is 3.05. The minimum absolute atomic E-state index is 0.847. The second-order valence-electron chi connectivity index (χ2n) is 1.16. The van der Waals surface area contributed by atoms with Crippen LogP contribution in [-0.4, -0.2) is 26.2 Å². The number of hydrogen-bond donors (Lipinski definition) is 1. The standard InChI is InChI=1S/C6H13NO/c1-8-6-2-4-7-5-3-6/h6-7H,2-5H2,1H3/i2D2,3D2,4D2,5D2,6D. The van der Waals surface area contributed by atoms with Crippen LogP contribution in [0.3, 0.4) is 0 Å². The molecular weight excluding hydrogens is 102 g/mol. The van der Waals surface area contributed by atoms with E-state index in [4.69, 9.17) is 12.3 Å². The minimum Gasteiger partial charge on any atom is -0.381 e. The fourth-order valence-electron chi connectivity index (χ4n) is 0.341. The molecule has 0 aliphatic carbocycles. The fourth-order valence-corrected chi connectivity index (χ4v) is 0.341. The van der Waals surface area contributed by atoms with Crippen molar-refractivity contribution in [3.8, 4) is 0 Å². The highest BCUT2D eigenvalue weighted by atomic mass is 16.5. The predicted octanol–water partition coefficient (Wildman–Crippen LogP) is 0.385. The van der Waals surface area contributed by atoms with Gasteiger partial charge in [-0.05, 0) is 25.7 Å². The number of methoxy groups -OCH3 is 1. The van der Waals surface area contributed by atoms with Crippen LogP contribution < -0.4 is 5.32 Å². The quantitative estimate of drug-likeness (QED) is 0.546. The van der Waals surface area contributed by atoms with Gasteiger partial charge >= 0.3 is 0 Å². The van der Waals surface area contributed by atoms with Crippen molar-refractivity contribution in [3.05, 3.63) is 0 Å². The number of nitrogens with one attached hydrogen (secondary N) is 1. The second-order valence-corrected chi connectivity index (χ2v) is 1.16. The molecule has 0 spiro atoms. The van der Waals surface area contributed by atoms with Gasteiger partial charge in [0, 0.05) is 18.1 Å². The molecule has 0 atom stereocenters. The summed E-state index contributed by atoms with van der Waals surface area (Å²) in [6.07, 6.45) is -9.17.